The lowest BCUT2D eigenvalue weighted by molar-refractivity contribution is -0.142. The number of hydrogen-bond donors (Lipinski definition) is 1. The lowest BCUT2D eigenvalue weighted by Crippen LogP contribution is -2.28. The van der Waals surface area contributed by atoms with Crippen molar-refractivity contribution < 1.29 is 24.1 Å². The molecule has 0 saturated heterocycles. The van der Waals surface area contributed by atoms with Gasteiger partial charge in [0.25, 0.3) is 0 Å². The fourth-order valence-electron chi connectivity index (χ4n) is 3.37. The predicted molar refractivity (Wildman–Crippen MR) is 130 cm³/mol. The Morgan fingerprint density at radius 2 is 1.52 bits per heavy atom. The number of para-hydroxylation sites is 1. The molecule has 5 heteroatoms. The number of rotatable bonds is 12. The molecule has 3 aromatic rings. The zero-order valence-electron chi connectivity index (χ0n) is 19.5. The summed E-state index contributed by atoms with van der Waals surface area (Å²) in [5, 5.41) is 9.34. The van der Waals surface area contributed by atoms with E-state index in [4.69, 9.17) is 14.2 Å². The number of ether oxygens (including phenoxy) is 3. The third kappa shape index (κ3) is 6.75. The van der Waals surface area contributed by atoms with E-state index in [0.29, 0.717) is 19.0 Å². The Morgan fingerprint density at radius 1 is 0.848 bits per heavy atom. The largest absolute Gasteiger partial charge is 0.493 e. The minimum Gasteiger partial charge on any atom is -0.493 e. The molecule has 0 aliphatic rings. The quantitative estimate of drug-likeness (QED) is 0.315. The van der Waals surface area contributed by atoms with E-state index in [0.717, 1.165) is 47.6 Å². The Morgan fingerprint density at radius 3 is 2.18 bits per heavy atom. The van der Waals surface area contributed by atoms with E-state index >= 15 is 0 Å². The van der Waals surface area contributed by atoms with Crippen molar-refractivity contribution >= 4 is 5.97 Å². The van der Waals surface area contributed by atoms with Gasteiger partial charge in [-0.2, -0.15) is 0 Å². The van der Waals surface area contributed by atoms with Crippen molar-refractivity contribution in [3.05, 3.63) is 83.9 Å². The Kier molecular flexibility index (Phi) is 8.36. The first kappa shape index (κ1) is 24.2. The average molecular weight is 449 g/mol. The number of carboxylic acids is 1. The lowest BCUT2D eigenvalue weighted by atomic mass is 9.85. The number of aliphatic carboxylic acids is 1. The van der Waals surface area contributed by atoms with Crippen LogP contribution in [0.15, 0.2) is 72.8 Å². The topological polar surface area (TPSA) is 65.0 Å². The van der Waals surface area contributed by atoms with Crippen LogP contribution in [0, 0.1) is 0 Å². The highest BCUT2D eigenvalue weighted by Crippen LogP contribution is 2.29. The molecule has 0 spiro atoms. The van der Waals surface area contributed by atoms with Crippen molar-refractivity contribution in [2.75, 3.05) is 13.2 Å². The van der Waals surface area contributed by atoms with Crippen molar-refractivity contribution in [3.63, 3.8) is 0 Å². The summed E-state index contributed by atoms with van der Waals surface area (Å²) in [5.41, 5.74) is 0.946. The molecule has 0 heterocycles. The van der Waals surface area contributed by atoms with Gasteiger partial charge in [-0.15, -0.1) is 0 Å². The van der Waals surface area contributed by atoms with E-state index in [1.54, 1.807) is 26.0 Å². The van der Waals surface area contributed by atoms with Gasteiger partial charge in [0.05, 0.1) is 18.6 Å². The Bertz CT molecular complexity index is 1030. The number of hydrogen-bond acceptors (Lipinski definition) is 4. The first-order chi connectivity index (χ1) is 15.9. The van der Waals surface area contributed by atoms with E-state index in [2.05, 4.69) is 6.92 Å². The summed E-state index contributed by atoms with van der Waals surface area (Å²) in [7, 11) is 0. The van der Waals surface area contributed by atoms with Gasteiger partial charge in [0, 0.05) is 6.42 Å². The molecule has 0 atom stereocenters. The predicted octanol–water partition coefficient (Wildman–Crippen LogP) is 6.64. The summed E-state index contributed by atoms with van der Waals surface area (Å²) >= 11 is 0. The van der Waals surface area contributed by atoms with Gasteiger partial charge in [0.15, 0.2) is 0 Å². The summed E-state index contributed by atoms with van der Waals surface area (Å²) < 4.78 is 17.8. The van der Waals surface area contributed by atoms with Gasteiger partial charge in [0.2, 0.25) is 0 Å². The first-order valence-corrected chi connectivity index (χ1v) is 11.4. The molecule has 0 amide bonds. The average Bonchev–Trinajstić information content (AvgIpc) is 2.81. The van der Waals surface area contributed by atoms with E-state index in [-0.39, 0.29) is 0 Å². The minimum atomic E-state index is -0.926. The molecule has 0 aromatic heterocycles. The van der Waals surface area contributed by atoms with E-state index < -0.39 is 11.4 Å². The molecule has 0 unspecified atom stereocenters. The second kappa shape index (κ2) is 11.4. The van der Waals surface area contributed by atoms with Crippen LogP contribution in [-0.2, 0) is 16.6 Å². The SMILES string of the molecule is CCCc1cc(Oc2ccccc2)ccc1OCCCOc1ccc(C(C)(C)C(=O)O)cc1. The lowest BCUT2D eigenvalue weighted by Gasteiger charge is -2.19. The first-order valence-electron chi connectivity index (χ1n) is 11.4. The second-order valence-electron chi connectivity index (χ2n) is 8.44. The highest BCUT2D eigenvalue weighted by molar-refractivity contribution is 5.80. The van der Waals surface area contributed by atoms with Gasteiger partial charge < -0.3 is 19.3 Å². The minimum absolute atomic E-state index is 0.514. The zero-order valence-corrected chi connectivity index (χ0v) is 19.5. The van der Waals surface area contributed by atoms with Crippen LogP contribution in [-0.4, -0.2) is 24.3 Å². The summed E-state index contributed by atoms with van der Waals surface area (Å²) in [6.45, 7) is 6.58. The van der Waals surface area contributed by atoms with Gasteiger partial charge in [0.1, 0.15) is 23.0 Å². The molecule has 5 nitrogen and oxygen atoms in total. The molecule has 0 radical (unpaired) electrons. The Hall–Kier alpha value is -3.47. The van der Waals surface area contributed by atoms with Gasteiger partial charge >= 0.3 is 5.97 Å². The molecular formula is C28H32O5. The standard InChI is InChI=1S/C28H32O5/c1-4-9-21-20-25(33-24-10-6-5-7-11-24)16-17-26(21)32-19-8-18-31-23-14-12-22(13-15-23)28(2,3)27(29)30/h5-7,10-17,20H,4,8-9,18-19H2,1-3H3,(H,29,30). The van der Waals surface area contributed by atoms with Gasteiger partial charge in [-0.25, -0.2) is 0 Å². The number of carboxylic acid groups (broad SMARTS) is 1. The van der Waals surface area contributed by atoms with Gasteiger partial charge in [-0.3, -0.25) is 4.79 Å². The van der Waals surface area contributed by atoms with E-state index in [1.165, 1.54) is 0 Å². The van der Waals surface area contributed by atoms with Crippen LogP contribution in [0.1, 0.15) is 44.7 Å². The van der Waals surface area contributed by atoms with Crippen LogP contribution in [0.25, 0.3) is 0 Å². The van der Waals surface area contributed by atoms with Crippen molar-refractivity contribution in [1.29, 1.82) is 0 Å². The van der Waals surface area contributed by atoms with Crippen molar-refractivity contribution in [1.82, 2.24) is 0 Å². The van der Waals surface area contributed by atoms with Crippen molar-refractivity contribution in [2.45, 2.75) is 45.4 Å². The fourth-order valence-corrected chi connectivity index (χ4v) is 3.37. The maximum Gasteiger partial charge on any atom is 0.313 e. The molecular weight excluding hydrogens is 416 g/mol. The maximum absolute atomic E-state index is 11.4. The molecule has 3 rings (SSSR count). The monoisotopic (exact) mass is 448 g/mol. The van der Waals surface area contributed by atoms with Crippen LogP contribution in [0.3, 0.4) is 0 Å². The fraction of sp³-hybridized carbons (Fsp3) is 0.321. The summed E-state index contributed by atoms with van der Waals surface area (Å²) in [6.07, 6.45) is 2.66. The van der Waals surface area contributed by atoms with Crippen LogP contribution >= 0.6 is 0 Å². The molecule has 0 fully saturated rings. The smallest absolute Gasteiger partial charge is 0.313 e. The molecule has 174 valence electrons. The highest BCUT2D eigenvalue weighted by Gasteiger charge is 2.29. The van der Waals surface area contributed by atoms with Crippen LogP contribution < -0.4 is 14.2 Å². The van der Waals surface area contributed by atoms with Crippen molar-refractivity contribution in [3.8, 4) is 23.0 Å². The normalized spacial score (nSPS) is 11.1. The molecule has 0 aliphatic carbocycles. The number of carbonyl (C=O) groups is 1. The molecule has 33 heavy (non-hydrogen) atoms. The second-order valence-corrected chi connectivity index (χ2v) is 8.44. The highest BCUT2D eigenvalue weighted by atomic mass is 16.5. The Labute approximate surface area is 195 Å². The Balaban J connectivity index is 1.49. The van der Waals surface area contributed by atoms with Crippen LogP contribution in [0.5, 0.6) is 23.0 Å². The maximum atomic E-state index is 11.4. The van der Waals surface area contributed by atoms with E-state index in [1.807, 2.05) is 60.7 Å². The van der Waals surface area contributed by atoms with Gasteiger partial charge in [-0.05, 0) is 73.9 Å². The van der Waals surface area contributed by atoms with Crippen LogP contribution in [0.4, 0.5) is 0 Å². The van der Waals surface area contributed by atoms with Crippen LogP contribution in [0.2, 0.25) is 0 Å². The molecule has 0 aliphatic heterocycles. The summed E-state index contributed by atoms with van der Waals surface area (Å²) in [6, 6.07) is 22.9. The molecule has 3 aromatic carbocycles. The van der Waals surface area contributed by atoms with Gasteiger partial charge in [-0.1, -0.05) is 43.7 Å². The third-order valence-electron chi connectivity index (χ3n) is 5.46. The molecule has 0 saturated carbocycles. The third-order valence-corrected chi connectivity index (χ3v) is 5.46. The van der Waals surface area contributed by atoms with E-state index in [9.17, 15) is 9.90 Å². The summed E-state index contributed by atoms with van der Waals surface area (Å²) in [4.78, 5) is 11.4. The number of aryl methyl sites for hydroxylation is 1. The molecule has 0 bridgehead atoms. The summed E-state index contributed by atoms with van der Waals surface area (Å²) in [5.74, 6) is 2.35. The number of benzene rings is 3. The zero-order chi connectivity index (χ0) is 23.7. The van der Waals surface area contributed by atoms with Crippen molar-refractivity contribution in [2.24, 2.45) is 0 Å². The molecule has 1 N–H and O–H groups in total.